The van der Waals surface area contributed by atoms with Gasteiger partial charge in [0.15, 0.2) is 0 Å². The van der Waals surface area contributed by atoms with E-state index in [0.717, 1.165) is 6.07 Å². The molecule has 0 amide bonds. The molecule has 0 fully saturated rings. The SMILES string of the molecule is CC(C)n1ccc(COc2ccc(N)cc2C(F)(F)F)n1. The molecule has 2 aromatic rings. The van der Waals surface area contributed by atoms with E-state index in [0.29, 0.717) is 5.69 Å². The van der Waals surface area contributed by atoms with Crippen molar-refractivity contribution in [1.29, 1.82) is 0 Å². The summed E-state index contributed by atoms with van der Waals surface area (Å²) >= 11 is 0. The normalized spacial score (nSPS) is 11.9. The molecule has 4 nitrogen and oxygen atoms in total. The highest BCUT2D eigenvalue weighted by Gasteiger charge is 2.34. The van der Waals surface area contributed by atoms with E-state index >= 15 is 0 Å². The molecule has 0 aliphatic rings. The lowest BCUT2D eigenvalue weighted by Gasteiger charge is -2.14. The lowest BCUT2D eigenvalue weighted by Crippen LogP contribution is -2.10. The summed E-state index contributed by atoms with van der Waals surface area (Å²) < 4.78 is 45.7. The van der Waals surface area contributed by atoms with Gasteiger partial charge in [-0.25, -0.2) is 0 Å². The van der Waals surface area contributed by atoms with Gasteiger partial charge < -0.3 is 10.5 Å². The van der Waals surface area contributed by atoms with Gasteiger partial charge in [0.05, 0.1) is 11.3 Å². The summed E-state index contributed by atoms with van der Waals surface area (Å²) in [5.41, 5.74) is 5.12. The number of nitrogens with two attached hydrogens (primary N) is 1. The summed E-state index contributed by atoms with van der Waals surface area (Å²) in [4.78, 5) is 0. The van der Waals surface area contributed by atoms with Crippen LogP contribution in [-0.2, 0) is 12.8 Å². The van der Waals surface area contributed by atoms with Gasteiger partial charge >= 0.3 is 6.18 Å². The molecule has 1 heterocycles. The predicted octanol–water partition coefficient (Wildman–Crippen LogP) is 3.64. The van der Waals surface area contributed by atoms with E-state index < -0.39 is 11.7 Å². The maximum Gasteiger partial charge on any atom is 0.420 e. The zero-order valence-corrected chi connectivity index (χ0v) is 11.7. The van der Waals surface area contributed by atoms with Gasteiger partial charge in [-0.15, -0.1) is 0 Å². The number of aromatic nitrogens is 2. The van der Waals surface area contributed by atoms with Crippen molar-refractivity contribution in [2.24, 2.45) is 0 Å². The monoisotopic (exact) mass is 299 g/mol. The molecule has 0 saturated carbocycles. The molecule has 2 rings (SSSR count). The van der Waals surface area contributed by atoms with Crippen LogP contribution in [0.25, 0.3) is 0 Å². The number of alkyl halides is 3. The van der Waals surface area contributed by atoms with Gasteiger partial charge in [-0.05, 0) is 38.1 Å². The van der Waals surface area contributed by atoms with Crippen molar-refractivity contribution in [1.82, 2.24) is 9.78 Å². The average molecular weight is 299 g/mol. The Bertz CT molecular complexity index is 620. The van der Waals surface area contributed by atoms with Crippen molar-refractivity contribution in [2.75, 3.05) is 5.73 Å². The Morgan fingerprint density at radius 1 is 1.29 bits per heavy atom. The van der Waals surface area contributed by atoms with E-state index in [9.17, 15) is 13.2 Å². The van der Waals surface area contributed by atoms with Crippen LogP contribution in [0.3, 0.4) is 0 Å². The first kappa shape index (κ1) is 15.2. The molecule has 0 radical (unpaired) electrons. The Morgan fingerprint density at radius 2 is 2.00 bits per heavy atom. The van der Waals surface area contributed by atoms with Crippen LogP contribution in [0, 0.1) is 0 Å². The lowest BCUT2D eigenvalue weighted by atomic mass is 10.1. The minimum Gasteiger partial charge on any atom is -0.487 e. The predicted molar refractivity (Wildman–Crippen MR) is 72.8 cm³/mol. The zero-order valence-electron chi connectivity index (χ0n) is 11.7. The molecule has 21 heavy (non-hydrogen) atoms. The number of benzene rings is 1. The quantitative estimate of drug-likeness (QED) is 0.877. The number of rotatable bonds is 4. The third kappa shape index (κ3) is 3.68. The van der Waals surface area contributed by atoms with Crippen LogP contribution in [0.5, 0.6) is 5.75 Å². The molecule has 1 aromatic carbocycles. The Kier molecular flexibility index (Phi) is 4.11. The van der Waals surface area contributed by atoms with Crippen LogP contribution in [0.15, 0.2) is 30.5 Å². The van der Waals surface area contributed by atoms with Crippen molar-refractivity contribution in [3.05, 3.63) is 41.7 Å². The fourth-order valence-electron chi connectivity index (χ4n) is 1.79. The maximum absolute atomic E-state index is 12.9. The zero-order chi connectivity index (χ0) is 15.6. The summed E-state index contributed by atoms with van der Waals surface area (Å²) in [5.74, 6) is -0.254. The van der Waals surface area contributed by atoms with Crippen LogP contribution >= 0.6 is 0 Å². The Balaban J connectivity index is 2.16. The van der Waals surface area contributed by atoms with E-state index in [-0.39, 0.29) is 24.1 Å². The van der Waals surface area contributed by atoms with Crippen LogP contribution in [0.2, 0.25) is 0 Å². The molecule has 1 aromatic heterocycles. The fourth-order valence-corrected chi connectivity index (χ4v) is 1.79. The minimum absolute atomic E-state index is 0.0350. The Labute approximate surface area is 120 Å². The first-order chi connectivity index (χ1) is 9.77. The Morgan fingerprint density at radius 3 is 2.57 bits per heavy atom. The molecular weight excluding hydrogens is 283 g/mol. The molecule has 0 aliphatic heterocycles. The van der Waals surface area contributed by atoms with E-state index in [1.807, 2.05) is 13.8 Å². The fraction of sp³-hybridized carbons (Fsp3) is 0.357. The second-order valence-corrected chi connectivity index (χ2v) is 4.92. The van der Waals surface area contributed by atoms with Crippen LogP contribution in [0.1, 0.15) is 31.1 Å². The minimum atomic E-state index is -4.51. The van der Waals surface area contributed by atoms with Crippen molar-refractivity contribution >= 4 is 5.69 Å². The molecule has 0 aliphatic carbocycles. The molecule has 114 valence electrons. The van der Waals surface area contributed by atoms with Crippen molar-refractivity contribution in [3.63, 3.8) is 0 Å². The van der Waals surface area contributed by atoms with Crippen LogP contribution < -0.4 is 10.5 Å². The smallest absolute Gasteiger partial charge is 0.420 e. The summed E-state index contributed by atoms with van der Waals surface area (Å²) in [7, 11) is 0. The number of nitrogen functional groups attached to an aromatic ring is 1. The number of hydrogen-bond donors (Lipinski definition) is 1. The summed E-state index contributed by atoms with van der Waals surface area (Å²) in [6.45, 7) is 3.88. The molecule has 7 heteroatoms. The molecular formula is C14H16F3N3O. The summed E-state index contributed by atoms with van der Waals surface area (Å²) in [6, 6.07) is 5.35. The number of hydrogen-bond acceptors (Lipinski definition) is 3. The average Bonchev–Trinajstić information content (AvgIpc) is 2.85. The number of ether oxygens (including phenoxy) is 1. The van der Waals surface area contributed by atoms with Crippen molar-refractivity contribution in [2.45, 2.75) is 32.7 Å². The van der Waals surface area contributed by atoms with E-state index in [4.69, 9.17) is 10.5 Å². The van der Waals surface area contributed by atoms with Gasteiger partial charge in [0.1, 0.15) is 12.4 Å². The molecule has 0 bridgehead atoms. The Hall–Kier alpha value is -2.18. The van der Waals surface area contributed by atoms with Gasteiger partial charge in [0, 0.05) is 17.9 Å². The van der Waals surface area contributed by atoms with Gasteiger partial charge in [-0.3, -0.25) is 4.68 Å². The van der Waals surface area contributed by atoms with Crippen LogP contribution in [0.4, 0.5) is 18.9 Å². The van der Waals surface area contributed by atoms with Crippen molar-refractivity contribution < 1.29 is 17.9 Å². The van der Waals surface area contributed by atoms with Gasteiger partial charge in [-0.2, -0.15) is 18.3 Å². The van der Waals surface area contributed by atoms with E-state index in [2.05, 4.69) is 5.10 Å². The highest BCUT2D eigenvalue weighted by Crippen LogP contribution is 2.37. The topological polar surface area (TPSA) is 53.1 Å². The van der Waals surface area contributed by atoms with Gasteiger partial charge in [-0.1, -0.05) is 0 Å². The largest absolute Gasteiger partial charge is 0.487 e. The standard InChI is InChI=1S/C14H16F3N3O/c1-9(2)20-6-5-11(19-20)8-21-13-4-3-10(18)7-12(13)14(15,16)17/h3-7,9H,8,18H2,1-2H3. The third-order valence-corrected chi connectivity index (χ3v) is 2.88. The first-order valence-corrected chi connectivity index (χ1v) is 6.41. The molecule has 0 atom stereocenters. The third-order valence-electron chi connectivity index (χ3n) is 2.88. The van der Waals surface area contributed by atoms with E-state index in [1.165, 1.54) is 12.1 Å². The van der Waals surface area contributed by atoms with Gasteiger partial charge in [0.2, 0.25) is 0 Å². The first-order valence-electron chi connectivity index (χ1n) is 6.41. The second-order valence-electron chi connectivity index (χ2n) is 4.92. The number of anilines is 1. The number of nitrogens with zero attached hydrogens (tertiary/aromatic N) is 2. The highest BCUT2D eigenvalue weighted by molar-refractivity contribution is 5.49. The molecule has 0 saturated heterocycles. The summed E-state index contributed by atoms with van der Waals surface area (Å²) in [6.07, 6.45) is -2.75. The van der Waals surface area contributed by atoms with Crippen molar-refractivity contribution in [3.8, 4) is 5.75 Å². The molecule has 0 spiro atoms. The molecule has 2 N–H and O–H groups in total. The maximum atomic E-state index is 12.9. The molecule has 0 unspecified atom stereocenters. The van der Waals surface area contributed by atoms with Crippen LogP contribution in [-0.4, -0.2) is 9.78 Å². The van der Waals surface area contributed by atoms with E-state index in [1.54, 1.807) is 16.9 Å². The lowest BCUT2D eigenvalue weighted by molar-refractivity contribution is -0.139. The highest BCUT2D eigenvalue weighted by atomic mass is 19.4. The number of halogens is 3. The summed E-state index contributed by atoms with van der Waals surface area (Å²) in [5, 5.41) is 4.22. The second kappa shape index (κ2) is 5.67. The van der Waals surface area contributed by atoms with Gasteiger partial charge in [0.25, 0.3) is 0 Å².